The second-order valence-electron chi connectivity index (χ2n) is 6.31. The lowest BCUT2D eigenvalue weighted by molar-refractivity contribution is -0.147. The Morgan fingerprint density at radius 2 is 2.12 bits per heavy atom. The fourth-order valence-corrected chi connectivity index (χ4v) is 3.37. The van der Waals surface area contributed by atoms with Gasteiger partial charge in [-0.3, -0.25) is 4.79 Å². The van der Waals surface area contributed by atoms with E-state index in [1.165, 1.54) is 0 Å². The molecule has 1 aromatic carbocycles. The minimum absolute atomic E-state index is 0.473. The van der Waals surface area contributed by atoms with Crippen molar-refractivity contribution in [3.63, 3.8) is 0 Å². The van der Waals surface area contributed by atoms with Crippen LogP contribution in [-0.4, -0.2) is 60.4 Å². The largest absolute Gasteiger partial charge is 0.434 e. The maximum Gasteiger partial charge on any atom is 0.405 e. The topological polar surface area (TPSA) is 105 Å². The number of nitrogens with two attached hydrogens (primary N) is 1. The molecule has 2 atom stereocenters. The number of rotatable bonds is 6. The number of likely N-dealkylation sites (N-methyl/N-ethyl adjacent to an activating group) is 1. The van der Waals surface area contributed by atoms with Crippen LogP contribution in [0.5, 0.6) is 0 Å². The van der Waals surface area contributed by atoms with Crippen LogP contribution in [0.3, 0.4) is 0 Å². The molecule has 0 radical (unpaired) electrons. The second-order valence-corrected chi connectivity index (χ2v) is 6.75. The van der Waals surface area contributed by atoms with Gasteiger partial charge >= 0.3 is 6.09 Å². The minimum atomic E-state index is -1.30. The minimum Gasteiger partial charge on any atom is -0.434 e. The van der Waals surface area contributed by atoms with E-state index in [0.29, 0.717) is 18.0 Å². The Morgan fingerprint density at radius 3 is 2.64 bits per heavy atom. The summed E-state index contributed by atoms with van der Waals surface area (Å²) in [5.74, 6) is -0.473. The predicted octanol–water partition coefficient (Wildman–Crippen LogP) is 0.919. The zero-order valence-corrected chi connectivity index (χ0v) is 15.0. The number of piperidine rings is 1. The predicted molar refractivity (Wildman–Crippen MR) is 94.3 cm³/mol. The third-order valence-corrected chi connectivity index (χ3v) is 4.89. The quantitative estimate of drug-likeness (QED) is 0.691. The Balaban J connectivity index is 2.23. The summed E-state index contributed by atoms with van der Waals surface area (Å²) >= 11 is 5.95. The number of carbonyl (C=O) groups is 2. The highest BCUT2D eigenvalue weighted by Gasteiger charge is 2.41. The second kappa shape index (κ2) is 8.51. The van der Waals surface area contributed by atoms with Crippen LogP contribution in [0, 0.1) is 0 Å². The highest BCUT2D eigenvalue weighted by Crippen LogP contribution is 2.29. The van der Waals surface area contributed by atoms with Crippen LogP contribution >= 0.6 is 11.6 Å². The van der Waals surface area contributed by atoms with Crippen LogP contribution in [-0.2, 0) is 16.0 Å². The molecule has 1 heterocycles. The molecule has 138 valence electrons. The van der Waals surface area contributed by atoms with Gasteiger partial charge in [0.1, 0.15) is 0 Å². The zero-order chi connectivity index (χ0) is 18.4. The van der Waals surface area contributed by atoms with E-state index in [4.69, 9.17) is 22.1 Å². The fourth-order valence-electron chi connectivity index (χ4n) is 3.25. The average Bonchev–Trinajstić information content (AvgIpc) is 2.61. The number of nitrogens with one attached hydrogen (secondary N) is 1. The fraction of sp³-hybridized carbons (Fsp3) is 0.529. The van der Waals surface area contributed by atoms with Crippen LogP contribution in [0.2, 0.25) is 5.02 Å². The van der Waals surface area contributed by atoms with Gasteiger partial charge in [-0.15, -0.1) is 0 Å². The van der Waals surface area contributed by atoms with E-state index in [2.05, 4.69) is 5.32 Å². The van der Waals surface area contributed by atoms with E-state index in [1.54, 1.807) is 11.9 Å². The molecule has 1 saturated heterocycles. The van der Waals surface area contributed by atoms with Crippen LogP contribution in [0.25, 0.3) is 0 Å². The number of ether oxygens (including phenoxy) is 1. The molecule has 1 aliphatic rings. The summed E-state index contributed by atoms with van der Waals surface area (Å²) < 4.78 is 4.74. The summed E-state index contributed by atoms with van der Waals surface area (Å²) in [4.78, 5) is 25.3. The Bertz CT molecular complexity index is 602. The van der Waals surface area contributed by atoms with Gasteiger partial charge in [0, 0.05) is 18.6 Å². The first kappa shape index (κ1) is 19.5. The van der Waals surface area contributed by atoms with Crippen molar-refractivity contribution in [3.05, 3.63) is 34.9 Å². The number of aliphatic hydroxyl groups excluding tert-OH is 1. The summed E-state index contributed by atoms with van der Waals surface area (Å²) in [6, 6.07) is 7.49. The Kier molecular flexibility index (Phi) is 6.64. The van der Waals surface area contributed by atoms with Crippen molar-refractivity contribution >= 4 is 23.6 Å². The first-order valence-corrected chi connectivity index (χ1v) is 8.55. The summed E-state index contributed by atoms with van der Waals surface area (Å²) in [6.07, 6.45) is -0.0693. The van der Waals surface area contributed by atoms with Crippen molar-refractivity contribution in [1.82, 2.24) is 10.2 Å². The molecular formula is C17H24ClN3O4. The van der Waals surface area contributed by atoms with E-state index < -0.39 is 30.3 Å². The molecule has 2 unspecified atom stereocenters. The summed E-state index contributed by atoms with van der Waals surface area (Å²) in [5, 5.41) is 13.4. The molecule has 1 aromatic rings. The van der Waals surface area contributed by atoms with Crippen LogP contribution in [0.4, 0.5) is 4.79 Å². The van der Waals surface area contributed by atoms with Gasteiger partial charge in [0.2, 0.25) is 6.10 Å². The molecule has 1 fully saturated rings. The Morgan fingerprint density at radius 1 is 1.44 bits per heavy atom. The third kappa shape index (κ3) is 4.84. The number of amides is 2. The highest BCUT2D eigenvalue weighted by molar-refractivity contribution is 6.30. The number of nitrogens with zero attached hydrogens (tertiary/aromatic N) is 1. The molecule has 4 N–H and O–H groups in total. The van der Waals surface area contributed by atoms with Crippen molar-refractivity contribution in [2.75, 3.05) is 26.7 Å². The van der Waals surface area contributed by atoms with Gasteiger partial charge in [0.05, 0.1) is 12.1 Å². The summed E-state index contributed by atoms with van der Waals surface area (Å²) in [7, 11) is 1.66. The lowest BCUT2D eigenvalue weighted by Gasteiger charge is -2.46. The monoisotopic (exact) mass is 369 g/mol. The van der Waals surface area contributed by atoms with E-state index in [9.17, 15) is 14.7 Å². The van der Waals surface area contributed by atoms with E-state index in [-0.39, 0.29) is 0 Å². The van der Waals surface area contributed by atoms with Crippen LogP contribution in [0.1, 0.15) is 18.4 Å². The van der Waals surface area contributed by atoms with Crippen LogP contribution in [0.15, 0.2) is 24.3 Å². The van der Waals surface area contributed by atoms with E-state index in [1.807, 2.05) is 24.3 Å². The zero-order valence-electron chi connectivity index (χ0n) is 14.2. The molecule has 0 aromatic heterocycles. The SMILES string of the molecule is CN(C(=O)C(CO)OC(N)=O)C1(Cc2ccc(Cl)cc2)CCCNC1. The smallest absolute Gasteiger partial charge is 0.405 e. The first-order chi connectivity index (χ1) is 11.9. The van der Waals surface area contributed by atoms with Crippen molar-refractivity contribution in [1.29, 1.82) is 0 Å². The maximum absolute atomic E-state index is 12.7. The first-order valence-electron chi connectivity index (χ1n) is 8.18. The third-order valence-electron chi connectivity index (χ3n) is 4.64. The van der Waals surface area contributed by atoms with Gasteiger partial charge < -0.3 is 25.8 Å². The summed E-state index contributed by atoms with van der Waals surface area (Å²) in [6.45, 7) is 0.870. The average molecular weight is 370 g/mol. The molecular weight excluding hydrogens is 346 g/mol. The molecule has 2 rings (SSSR count). The summed E-state index contributed by atoms with van der Waals surface area (Å²) in [5.41, 5.74) is 5.55. The van der Waals surface area contributed by atoms with Crippen molar-refractivity contribution in [2.24, 2.45) is 5.73 Å². The number of hydrogen-bond donors (Lipinski definition) is 3. The van der Waals surface area contributed by atoms with Gasteiger partial charge in [-0.1, -0.05) is 23.7 Å². The lowest BCUT2D eigenvalue weighted by atomic mass is 9.82. The molecule has 8 heteroatoms. The number of carbonyl (C=O) groups excluding carboxylic acids is 2. The molecule has 25 heavy (non-hydrogen) atoms. The number of hydrogen-bond acceptors (Lipinski definition) is 5. The van der Waals surface area contributed by atoms with Crippen molar-refractivity contribution in [2.45, 2.75) is 30.9 Å². The number of primary amides is 1. The van der Waals surface area contributed by atoms with Gasteiger partial charge in [0.25, 0.3) is 5.91 Å². The molecule has 0 saturated carbocycles. The Labute approximate surface area is 152 Å². The highest BCUT2D eigenvalue weighted by atomic mass is 35.5. The lowest BCUT2D eigenvalue weighted by Crippen LogP contribution is -2.61. The van der Waals surface area contributed by atoms with Crippen LogP contribution < -0.4 is 11.1 Å². The van der Waals surface area contributed by atoms with E-state index >= 15 is 0 Å². The molecule has 7 nitrogen and oxygen atoms in total. The molecule has 2 amide bonds. The van der Waals surface area contributed by atoms with E-state index in [0.717, 1.165) is 24.9 Å². The number of benzene rings is 1. The molecule has 1 aliphatic heterocycles. The van der Waals surface area contributed by atoms with Crippen molar-refractivity contribution in [3.8, 4) is 0 Å². The molecule has 0 aliphatic carbocycles. The number of halogens is 1. The van der Waals surface area contributed by atoms with Gasteiger partial charge in [-0.2, -0.15) is 0 Å². The Hall–Kier alpha value is -1.83. The number of aliphatic hydroxyl groups is 1. The standard InChI is InChI=1S/C17H24ClN3O4/c1-21(15(23)14(10-22)25-16(19)24)17(7-2-8-20-11-17)9-12-3-5-13(18)6-4-12/h3-6,14,20,22H,2,7-11H2,1H3,(H2,19,24). The maximum atomic E-state index is 12.7. The molecule has 0 spiro atoms. The normalized spacial score (nSPS) is 21.4. The molecule has 0 bridgehead atoms. The van der Waals surface area contributed by atoms with Crippen molar-refractivity contribution < 1.29 is 19.4 Å². The van der Waals surface area contributed by atoms with Gasteiger partial charge in [-0.25, -0.2) is 4.79 Å². The van der Waals surface area contributed by atoms with Gasteiger partial charge in [0.15, 0.2) is 0 Å². The van der Waals surface area contributed by atoms with Gasteiger partial charge in [-0.05, 0) is 43.5 Å².